The number of nitrogens with zero attached hydrogens (tertiary/aromatic N) is 3. The third-order valence-electron chi connectivity index (χ3n) is 4.15. The molecule has 3 aromatic rings. The van der Waals surface area contributed by atoms with Gasteiger partial charge in [0.15, 0.2) is 23.6 Å². The first-order chi connectivity index (χ1) is 12.2. The summed E-state index contributed by atoms with van der Waals surface area (Å²) in [4.78, 5) is 10.2. The molecule has 1 unspecified atom stereocenters. The van der Waals surface area contributed by atoms with E-state index in [9.17, 15) is 0 Å². The minimum atomic E-state index is -0.316. The normalized spacial score (nSPS) is 19.1. The summed E-state index contributed by atoms with van der Waals surface area (Å²) in [5.41, 5.74) is 7.65. The number of rotatable bonds is 1. The molecule has 2 aromatic heterocycles. The van der Waals surface area contributed by atoms with Crippen molar-refractivity contribution in [2.75, 3.05) is 18.5 Å². The molecule has 5 rings (SSSR count). The largest absolute Gasteiger partial charge is 0.489 e. The summed E-state index contributed by atoms with van der Waals surface area (Å²) in [7, 11) is 0. The molecule has 25 heavy (non-hydrogen) atoms. The van der Waals surface area contributed by atoms with Crippen molar-refractivity contribution in [1.82, 2.24) is 9.55 Å². The average molecular weight is 376 g/mol. The Morgan fingerprint density at radius 2 is 2.04 bits per heavy atom. The molecule has 1 aromatic carbocycles. The fraction of sp³-hybridized carbons (Fsp3) is 0.250. The van der Waals surface area contributed by atoms with Crippen LogP contribution in [0.4, 0.5) is 5.95 Å². The van der Waals surface area contributed by atoms with Crippen LogP contribution in [0.5, 0.6) is 11.5 Å². The van der Waals surface area contributed by atoms with Crippen LogP contribution in [0.15, 0.2) is 29.3 Å². The van der Waals surface area contributed by atoms with Crippen LogP contribution in [-0.4, -0.2) is 28.7 Å². The average Bonchev–Trinajstić information content (AvgIpc) is 3.08. The lowest BCUT2D eigenvalue weighted by Crippen LogP contribution is -2.31. The Kier molecular flexibility index (Phi) is 3.29. The molecule has 0 radical (unpaired) electrons. The quantitative estimate of drug-likeness (QED) is 0.682. The number of aromatic nitrogens is 2. The van der Waals surface area contributed by atoms with Gasteiger partial charge in [-0.15, -0.1) is 11.3 Å². The van der Waals surface area contributed by atoms with E-state index in [4.69, 9.17) is 26.8 Å². The molecular formula is C16H14ClN5O2S. The molecule has 0 fully saturated rings. The zero-order valence-electron chi connectivity index (χ0n) is 13.0. The molecule has 2 aliphatic heterocycles. The first kappa shape index (κ1) is 14.9. The van der Waals surface area contributed by atoms with Gasteiger partial charge in [-0.2, -0.15) is 0 Å². The second-order valence-electron chi connectivity index (χ2n) is 5.80. The van der Waals surface area contributed by atoms with Crippen LogP contribution in [0.2, 0.25) is 4.34 Å². The molecule has 0 spiro atoms. The van der Waals surface area contributed by atoms with Gasteiger partial charge in [-0.05, 0) is 12.1 Å². The maximum absolute atomic E-state index is 6.11. The van der Waals surface area contributed by atoms with Crippen molar-refractivity contribution in [3.8, 4) is 11.5 Å². The number of thiophene rings is 1. The number of hydrogen-bond donors (Lipinski definition) is 2. The van der Waals surface area contributed by atoms with E-state index in [-0.39, 0.29) is 6.17 Å². The number of nitrogens with one attached hydrogen (secondary N) is 1. The van der Waals surface area contributed by atoms with E-state index in [1.807, 2.05) is 28.8 Å². The van der Waals surface area contributed by atoms with Crippen molar-refractivity contribution < 1.29 is 9.47 Å². The molecule has 9 heteroatoms. The van der Waals surface area contributed by atoms with Gasteiger partial charge in [0.05, 0.1) is 33.5 Å². The van der Waals surface area contributed by atoms with Crippen molar-refractivity contribution in [3.63, 3.8) is 0 Å². The van der Waals surface area contributed by atoms with Gasteiger partial charge < -0.3 is 15.2 Å². The Morgan fingerprint density at radius 3 is 2.80 bits per heavy atom. The summed E-state index contributed by atoms with van der Waals surface area (Å²) in [6, 6.07) is 7.67. The lowest BCUT2D eigenvalue weighted by molar-refractivity contribution is 0.297. The van der Waals surface area contributed by atoms with E-state index < -0.39 is 0 Å². The standard InChI is InChI=1S/C16H14ClN5O2S/c17-13-3-2-12(25-13)14-20-15(18)21-16-19-8-6-10-11(7-9(8)22(14)16)24-5-1-4-23-10/h2-3,6-7,14H,1,4-5H2,(H3,18,19,20,21). The van der Waals surface area contributed by atoms with Gasteiger partial charge in [0.2, 0.25) is 5.95 Å². The van der Waals surface area contributed by atoms with Crippen LogP contribution in [0.3, 0.4) is 0 Å². The number of halogens is 1. The fourth-order valence-electron chi connectivity index (χ4n) is 3.08. The summed E-state index contributed by atoms with van der Waals surface area (Å²) in [5, 5.41) is 3.03. The summed E-state index contributed by atoms with van der Waals surface area (Å²) < 4.78 is 14.3. The molecule has 0 bridgehead atoms. The molecule has 3 N–H and O–H groups in total. The van der Waals surface area contributed by atoms with Gasteiger partial charge in [-0.25, -0.2) is 9.98 Å². The fourth-order valence-corrected chi connectivity index (χ4v) is 4.17. The highest BCUT2D eigenvalue weighted by Crippen LogP contribution is 2.40. The third kappa shape index (κ3) is 2.40. The van der Waals surface area contributed by atoms with E-state index in [2.05, 4.69) is 15.3 Å². The third-order valence-corrected chi connectivity index (χ3v) is 5.42. The summed E-state index contributed by atoms with van der Waals surface area (Å²) in [6.07, 6.45) is 0.541. The number of benzene rings is 1. The van der Waals surface area contributed by atoms with Gasteiger partial charge in [-0.3, -0.25) is 9.88 Å². The Morgan fingerprint density at radius 1 is 1.24 bits per heavy atom. The summed E-state index contributed by atoms with van der Waals surface area (Å²) in [5.74, 6) is 2.40. The highest BCUT2D eigenvalue weighted by Gasteiger charge is 2.27. The van der Waals surface area contributed by atoms with Gasteiger partial charge in [0.1, 0.15) is 0 Å². The van der Waals surface area contributed by atoms with Crippen LogP contribution in [0, 0.1) is 0 Å². The van der Waals surface area contributed by atoms with Crippen molar-refractivity contribution in [3.05, 3.63) is 33.5 Å². The van der Waals surface area contributed by atoms with E-state index in [1.54, 1.807) is 0 Å². The summed E-state index contributed by atoms with van der Waals surface area (Å²) >= 11 is 7.58. The minimum Gasteiger partial charge on any atom is -0.489 e. The maximum Gasteiger partial charge on any atom is 0.212 e. The Labute approximate surface area is 152 Å². The first-order valence-corrected chi connectivity index (χ1v) is 9.05. The predicted octanol–water partition coefficient (Wildman–Crippen LogP) is 3.20. The molecule has 0 aliphatic carbocycles. The lowest BCUT2D eigenvalue weighted by Gasteiger charge is -2.22. The van der Waals surface area contributed by atoms with E-state index in [1.165, 1.54) is 11.3 Å². The number of guanidine groups is 1. The molecule has 128 valence electrons. The Balaban J connectivity index is 1.72. The number of imidazole rings is 1. The van der Waals surface area contributed by atoms with Crippen molar-refractivity contribution in [2.24, 2.45) is 10.7 Å². The van der Waals surface area contributed by atoms with Gasteiger partial charge >= 0.3 is 0 Å². The molecule has 0 saturated heterocycles. The number of anilines is 1. The van der Waals surface area contributed by atoms with E-state index in [0.717, 1.165) is 28.1 Å². The van der Waals surface area contributed by atoms with Crippen LogP contribution in [0.1, 0.15) is 17.5 Å². The smallest absolute Gasteiger partial charge is 0.212 e. The topological polar surface area (TPSA) is 86.7 Å². The number of aliphatic imine (C=N–C) groups is 1. The Hall–Kier alpha value is -2.45. The predicted molar refractivity (Wildman–Crippen MR) is 98.1 cm³/mol. The van der Waals surface area contributed by atoms with Crippen molar-refractivity contribution in [2.45, 2.75) is 12.6 Å². The minimum absolute atomic E-state index is 0.316. The van der Waals surface area contributed by atoms with Gasteiger partial charge in [0, 0.05) is 18.6 Å². The van der Waals surface area contributed by atoms with Gasteiger partial charge in [0.25, 0.3) is 0 Å². The van der Waals surface area contributed by atoms with Crippen LogP contribution < -0.4 is 20.5 Å². The maximum atomic E-state index is 6.11. The number of hydrogen-bond acceptors (Lipinski definition) is 7. The molecule has 7 nitrogen and oxygen atoms in total. The second kappa shape index (κ2) is 5.53. The van der Waals surface area contributed by atoms with Crippen LogP contribution in [0.25, 0.3) is 11.0 Å². The highest BCUT2D eigenvalue weighted by atomic mass is 35.5. The van der Waals surface area contributed by atoms with Crippen molar-refractivity contribution in [1.29, 1.82) is 0 Å². The number of ether oxygens (including phenoxy) is 2. The number of fused-ring (bicyclic) bond motifs is 4. The Bertz CT molecular complexity index is 1010. The zero-order valence-corrected chi connectivity index (χ0v) is 14.6. The molecular weight excluding hydrogens is 362 g/mol. The molecule has 1 atom stereocenters. The zero-order chi connectivity index (χ0) is 17.0. The molecule has 0 saturated carbocycles. The van der Waals surface area contributed by atoms with E-state index in [0.29, 0.717) is 35.2 Å². The molecule has 0 amide bonds. The van der Waals surface area contributed by atoms with Crippen molar-refractivity contribution >= 4 is 45.9 Å². The SMILES string of the molecule is NC1=NC(c2ccc(Cl)s2)n2c(nc3cc4c(cc32)OCCCO4)N1. The monoisotopic (exact) mass is 375 g/mol. The molecule has 2 aliphatic rings. The van der Waals surface area contributed by atoms with Crippen LogP contribution >= 0.6 is 22.9 Å². The van der Waals surface area contributed by atoms with E-state index >= 15 is 0 Å². The number of nitrogens with two attached hydrogens (primary N) is 1. The highest BCUT2D eigenvalue weighted by molar-refractivity contribution is 7.16. The second-order valence-corrected chi connectivity index (χ2v) is 7.55. The lowest BCUT2D eigenvalue weighted by atomic mass is 10.2. The molecule has 4 heterocycles. The first-order valence-electron chi connectivity index (χ1n) is 7.86. The summed E-state index contributed by atoms with van der Waals surface area (Å²) in [6.45, 7) is 1.27. The van der Waals surface area contributed by atoms with Gasteiger partial charge in [-0.1, -0.05) is 11.6 Å². The van der Waals surface area contributed by atoms with Crippen LogP contribution in [-0.2, 0) is 0 Å².